The maximum absolute atomic E-state index is 13.1. The Labute approximate surface area is 613 Å². The van der Waals surface area contributed by atoms with Gasteiger partial charge in [0.25, 0.3) is 0 Å². The second kappa shape index (κ2) is 72.6. The van der Waals surface area contributed by atoms with Gasteiger partial charge in [0, 0.05) is 25.7 Å². The molecule has 0 aromatic rings. The van der Waals surface area contributed by atoms with Crippen LogP contribution in [0.1, 0.15) is 427 Å². The molecule has 0 spiro atoms. The molecule has 0 heterocycles. The Hall–Kier alpha value is -1.94. The molecule has 0 amide bonds. The van der Waals surface area contributed by atoms with Crippen molar-refractivity contribution >= 4 is 39.5 Å². The summed E-state index contributed by atoms with van der Waals surface area (Å²) < 4.78 is 68.6. The number of hydrogen-bond acceptors (Lipinski definition) is 15. The molecular formula is C81H158O17P2. The monoisotopic (exact) mass is 1470 g/mol. The van der Waals surface area contributed by atoms with E-state index in [1.807, 2.05) is 0 Å². The summed E-state index contributed by atoms with van der Waals surface area (Å²) in [5.74, 6) is -0.435. The van der Waals surface area contributed by atoms with Gasteiger partial charge in [0.05, 0.1) is 26.4 Å². The highest BCUT2D eigenvalue weighted by atomic mass is 31.2. The van der Waals surface area contributed by atoms with Crippen molar-refractivity contribution in [2.75, 3.05) is 39.6 Å². The third-order valence-corrected chi connectivity index (χ3v) is 21.2. The molecule has 100 heavy (non-hydrogen) atoms. The lowest BCUT2D eigenvalue weighted by molar-refractivity contribution is -0.161. The summed E-state index contributed by atoms with van der Waals surface area (Å²) in [4.78, 5) is 72.8. The normalized spacial score (nSPS) is 14.2. The first kappa shape index (κ1) is 98.1. The van der Waals surface area contributed by atoms with E-state index in [1.54, 1.807) is 0 Å². The van der Waals surface area contributed by atoms with E-state index >= 15 is 0 Å². The fourth-order valence-electron chi connectivity index (χ4n) is 12.5. The van der Waals surface area contributed by atoms with Crippen LogP contribution in [-0.4, -0.2) is 96.7 Å². The van der Waals surface area contributed by atoms with Gasteiger partial charge in [-0.1, -0.05) is 375 Å². The Balaban J connectivity index is 5.16. The summed E-state index contributed by atoms with van der Waals surface area (Å²) in [6.45, 7) is 9.69. The van der Waals surface area contributed by atoms with Crippen molar-refractivity contribution in [2.24, 2.45) is 11.8 Å². The number of carbonyl (C=O) groups excluding carboxylic acids is 4. The number of phosphoric ester groups is 2. The Bertz CT molecular complexity index is 1930. The van der Waals surface area contributed by atoms with Gasteiger partial charge in [0.2, 0.25) is 0 Å². The van der Waals surface area contributed by atoms with Crippen molar-refractivity contribution in [3.8, 4) is 0 Å². The molecule has 0 aliphatic rings. The predicted molar refractivity (Wildman–Crippen MR) is 409 cm³/mol. The first-order valence-electron chi connectivity index (χ1n) is 42.0. The highest BCUT2D eigenvalue weighted by molar-refractivity contribution is 7.47. The number of aliphatic hydroxyl groups excluding tert-OH is 1. The van der Waals surface area contributed by atoms with E-state index in [1.165, 1.54) is 231 Å². The smallest absolute Gasteiger partial charge is 0.462 e. The number of aliphatic hydroxyl groups is 1. The lowest BCUT2D eigenvalue weighted by Gasteiger charge is -2.21. The summed E-state index contributed by atoms with van der Waals surface area (Å²) in [7, 11) is -9.91. The molecule has 3 N–H and O–H groups in total. The Morgan fingerprint density at radius 3 is 0.760 bits per heavy atom. The average molecular weight is 1470 g/mol. The zero-order chi connectivity index (χ0) is 73.5. The summed E-state index contributed by atoms with van der Waals surface area (Å²) >= 11 is 0. The molecule has 19 heteroatoms. The topological polar surface area (TPSA) is 237 Å². The number of carbonyl (C=O) groups is 4. The fourth-order valence-corrected chi connectivity index (χ4v) is 14.1. The van der Waals surface area contributed by atoms with Gasteiger partial charge < -0.3 is 33.8 Å². The minimum atomic E-state index is -4.96. The van der Waals surface area contributed by atoms with Crippen LogP contribution in [0.2, 0.25) is 0 Å². The maximum Gasteiger partial charge on any atom is 0.472 e. The number of rotatable bonds is 80. The largest absolute Gasteiger partial charge is 0.472 e. The number of esters is 4. The number of unbranched alkanes of at least 4 members (excludes halogenated alkanes) is 49. The lowest BCUT2D eigenvalue weighted by Crippen LogP contribution is -2.30. The lowest BCUT2D eigenvalue weighted by atomic mass is 9.99. The average Bonchev–Trinajstić information content (AvgIpc) is 0.936. The van der Waals surface area contributed by atoms with Crippen LogP contribution in [0.5, 0.6) is 0 Å². The summed E-state index contributed by atoms with van der Waals surface area (Å²) in [5.41, 5.74) is 0. The Morgan fingerprint density at radius 1 is 0.290 bits per heavy atom. The molecule has 3 unspecified atom stereocenters. The highest BCUT2D eigenvalue weighted by Crippen LogP contribution is 2.45. The Kier molecular flexibility index (Phi) is 71.2. The molecular weight excluding hydrogens is 1310 g/mol. The van der Waals surface area contributed by atoms with E-state index in [9.17, 15) is 43.2 Å². The second-order valence-electron chi connectivity index (χ2n) is 29.9. The molecule has 6 atom stereocenters. The van der Waals surface area contributed by atoms with Crippen molar-refractivity contribution in [3.05, 3.63) is 0 Å². The van der Waals surface area contributed by atoms with Crippen LogP contribution >= 0.6 is 15.6 Å². The third kappa shape index (κ3) is 73.0. The number of hydrogen-bond donors (Lipinski definition) is 3. The Morgan fingerprint density at radius 2 is 0.510 bits per heavy atom. The quantitative estimate of drug-likeness (QED) is 0.0222. The van der Waals surface area contributed by atoms with Gasteiger partial charge in [-0.15, -0.1) is 0 Å². The van der Waals surface area contributed by atoms with Crippen LogP contribution in [0.3, 0.4) is 0 Å². The van der Waals surface area contributed by atoms with Crippen LogP contribution in [0.25, 0.3) is 0 Å². The summed E-state index contributed by atoms with van der Waals surface area (Å²) in [5, 5.41) is 10.6. The van der Waals surface area contributed by atoms with Crippen molar-refractivity contribution in [2.45, 2.75) is 445 Å². The molecule has 0 fully saturated rings. The van der Waals surface area contributed by atoms with Crippen LogP contribution in [0, 0.1) is 11.8 Å². The van der Waals surface area contributed by atoms with Gasteiger partial charge in [-0.3, -0.25) is 37.3 Å². The van der Waals surface area contributed by atoms with Crippen molar-refractivity contribution in [1.29, 1.82) is 0 Å². The highest BCUT2D eigenvalue weighted by Gasteiger charge is 2.30. The van der Waals surface area contributed by atoms with Gasteiger partial charge >= 0.3 is 39.5 Å². The molecule has 594 valence electrons. The van der Waals surface area contributed by atoms with Gasteiger partial charge in [0.1, 0.15) is 19.3 Å². The molecule has 17 nitrogen and oxygen atoms in total. The first-order valence-corrected chi connectivity index (χ1v) is 45.0. The van der Waals surface area contributed by atoms with E-state index < -0.39 is 97.5 Å². The van der Waals surface area contributed by atoms with Gasteiger partial charge in [-0.2, -0.15) is 0 Å². The first-order chi connectivity index (χ1) is 48.4. The molecule has 0 saturated carbocycles. The van der Waals surface area contributed by atoms with Crippen LogP contribution in [0.4, 0.5) is 0 Å². The molecule has 0 aromatic carbocycles. The van der Waals surface area contributed by atoms with E-state index in [4.69, 9.17) is 37.0 Å². The SMILES string of the molecule is CCCCCCCCCCCCCCCC(=O)O[C@H](COC(=O)CCCCCCCCC)COP(=O)(O)OC[C@H](O)COP(=O)(O)OC[C@@H](COC(=O)CCCCCCCCCCCCCCCCCC(C)C)OC(=O)CCCCCCCCCCCCCCCCCCCCC(C)CC. The second-order valence-corrected chi connectivity index (χ2v) is 32.8. The van der Waals surface area contributed by atoms with Gasteiger partial charge in [-0.25, -0.2) is 9.13 Å². The van der Waals surface area contributed by atoms with E-state index in [-0.39, 0.29) is 25.7 Å². The van der Waals surface area contributed by atoms with Crippen molar-refractivity contribution in [3.63, 3.8) is 0 Å². The minimum absolute atomic E-state index is 0.107. The number of phosphoric acid groups is 2. The van der Waals surface area contributed by atoms with E-state index in [0.29, 0.717) is 25.7 Å². The maximum atomic E-state index is 13.1. The minimum Gasteiger partial charge on any atom is -0.462 e. The molecule has 0 aromatic heterocycles. The number of ether oxygens (including phenoxy) is 4. The van der Waals surface area contributed by atoms with Crippen LogP contribution < -0.4 is 0 Å². The van der Waals surface area contributed by atoms with E-state index in [0.717, 1.165) is 115 Å². The van der Waals surface area contributed by atoms with Crippen LogP contribution in [-0.2, 0) is 65.4 Å². The van der Waals surface area contributed by atoms with E-state index in [2.05, 4.69) is 41.5 Å². The van der Waals surface area contributed by atoms with Gasteiger partial charge in [-0.05, 0) is 37.5 Å². The molecule has 0 aliphatic carbocycles. The zero-order valence-electron chi connectivity index (χ0n) is 65.5. The standard InChI is InChI=1S/C81H158O17P2/c1-7-10-12-14-16-17-18-28-36-41-47-53-59-65-80(85)97-76(69-91-78(83)63-57-51-43-15-13-11-8-2)71-95-99(87,88)93-67-75(82)68-94-100(89,90)96-72-77(70-92-79(84)64-58-52-46-40-35-31-27-23-24-29-33-38-44-49-55-61-73(4)5)98-81(86)66-60-54-48-42-37-32-26-22-20-19-21-25-30-34-39-45-50-56-62-74(6)9-3/h73-77,82H,7-72H2,1-6H3,(H,87,88)(H,89,90)/t74?,75-,76+,77+/m0/s1. The molecule has 0 bridgehead atoms. The molecule has 0 radical (unpaired) electrons. The zero-order valence-corrected chi connectivity index (χ0v) is 67.3. The van der Waals surface area contributed by atoms with Gasteiger partial charge in [0.15, 0.2) is 12.2 Å². The summed E-state index contributed by atoms with van der Waals surface area (Å²) in [6.07, 6.45) is 62.6. The predicted octanol–water partition coefficient (Wildman–Crippen LogP) is 24.3. The summed E-state index contributed by atoms with van der Waals surface area (Å²) in [6, 6.07) is 0. The molecule has 0 saturated heterocycles. The van der Waals surface area contributed by atoms with Crippen molar-refractivity contribution in [1.82, 2.24) is 0 Å². The third-order valence-electron chi connectivity index (χ3n) is 19.3. The fraction of sp³-hybridized carbons (Fsp3) is 0.951. The van der Waals surface area contributed by atoms with Crippen molar-refractivity contribution < 1.29 is 80.2 Å². The molecule has 0 aliphatic heterocycles. The molecule has 0 rings (SSSR count). The van der Waals surface area contributed by atoms with Crippen LogP contribution in [0.15, 0.2) is 0 Å².